The first kappa shape index (κ1) is 20.2. The second kappa shape index (κ2) is 10.2. The largest absolute Gasteiger partial charge is 0.311 e. The molecule has 0 amide bonds. The molecular weight excluding hydrogens is 350 g/mol. The molecule has 4 heteroatoms. The third kappa shape index (κ3) is 5.75. The molecule has 0 aliphatic heterocycles. The number of nitrogens with zero attached hydrogens (tertiary/aromatic N) is 1. The van der Waals surface area contributed by atoms with Crippen LogP contribution in [0.25, 0.3) is 0 Å². The molecule has 3 rings (SSSR count). The molecule has 1 heterocycles. The molecule has 1 aliphatic rings. The van der Waals surface area contributed by atoms with Crippen molar-refractivity contribution in [3.63, 3.8) is 0 Å². The van der Waals surface area contributed by atoms with Gasteiger partial charge in [0, 0.05) is 18.2 Å². The van der Waals surface area contributed by atoms with Crippen LogP contribution >= 0.6 is 0 Å². The molecule has 1 aromatic heterocycles. The summed E-state index contributed by atoms with van der Waals surface area (Å²) in [6.07, 6.45) is 10.7. The zero-order chi connectivity index (χ0) is 19.8. The van der Waals surface area contributed by atoms with E-state index in [-0.39, 0.29) is 17.3 Å². The number of aryl methyl sites for hydroxylation is 1. The van der Waals surface area contributed by atoms with Gasteiger partial charge in [-0.25, -0.2) is 0 Å². The second-order valence-corrected chi connectivity index (χ2v) is 7.98. The molecule has 4 nitrogen and oxygen atoms in total. The fraction of sp³-hybridized carbons (Fsp3) is 0.458. The van der Waals surface area contributed by atoms with Gasteiger partial charge in [-0.2, -0.15) is 0 Å². The Labute approximate surface area is 166 Å². The highest BCUT2D eigenvalue weighted by Gasteiger charge is 2.24. The fourth-order valence-electron chi connectivity index (χ4n) is 4.27. The predicted molar refractivity (Wildman–Crippen MR) is 110 cm³/mol. The molecule has 1 aromatic carbocycles. The lowest BCUT2D eigenvalue weighted by molar-refractivity contribution is -0.133. The van der Waals surface area contributed by atoms with Crippen molar-refractivity contribution in [2.75, 3.05) is 0 Å². The molecule has 148 valence electrons. The van der Waals surface area contributed by atoms with Crippen LogP contribution in [0.4, 0.5) is 0 Å². The standard InChI is InChI=1S/C24H29NO3/c26-18-23(27)22-9-2-1-6-20(16-22)8-5-7-19-11-13-21(14-12-19)17-25-15-4-3-10-24(25)28/h3-4,10-15,18,20,22H,1-2,5-9,16-17H2. The summed E-state index contributed by atoms with van der Waals surface area (Å²) in [6, 6.07) is 13.7. The van der Waals surface area contributed by atoms with E-state index in [9.17, 15) is 14.4 Å². The quantitative estimate of drug-likeness (QED) is 0.393. The number of hydrogen-bond donors (Lipinski definition) is 0. The van der Waals surface area contributed by atoms with Gasteiger partial charge in [0.2, 0.25) is 0 Å². The van der Waals surface area contributed by atoms with E-state index < -0.39 is 0 Å². The number of hydrogen-bond acceptors (Lipinski definition) is 3. The van der Waals surface area contributed by atoms with Gasteiger partial charge < -0.3 is 4.57 Å². The van der Waals surface area contributed by atoms with Gasteiger partial charge in [-0.15, -0.1) is 0 Å². The summed E-state index contributed by atoms with van der Waals surface area (Å²) in [6.45, 7) is 0.591. The van der Waals surface area contributed by atoms with E-state index in [1.54, 1.807) is 16.7 Å². The maximum absolute atomic E-state index is 11.8. The van der Waals surface area contributed by atoms with Gasteiger partial charge in [0.25, 0.3) is 5.56 Å². The molecule has 0 N–H and O–H groups in total. The lowest BCUT2D eigenvalue weighted by Crippen LogP contribution is -2.18. The fourth-order valence-corrected chi connectivity index (χ4v) is 4.27. The number of pyridine rings is 1. The van der Waals surface area contributed by atoms with Crippen LogP contribution in [-0.4, -0.2) is 16.6 Å². The van der Waals surface area contributed by atoms with Crippen molar-refractivity contribution in [1.82, 2.24) is 4.57 Å². The molecule has 0 spiro atoms. The molecule has 0 radical (unpaired) electrons. The number of aromatic nitrogens is 1. The molecule has 1 saturated carbocycles. The average Bonchev–Trinajstić information content (AvgIpc) is 2.96. The van der Waals surface area contributed by atoms with Crippen molar-refractivity contribution in [1.29, 1.82) is 0 Å². The van der Waals surface area contributed by atoms with Crippen LogP contribution in [-0.2, 0) is 22.6 Å². The van der Waals surface area contributed by atoms with Crippen molar-refractivity contribution < 1.29 is 9.59 Å². The van der Waals surface area contributed by atoms with Crippen LogP contribution in [0.5, 0.6) is 0 Å². The number of benzene rings is 1. The third-order valence-electron chi connectivity index (χ3n) is 5.90. The number of ketones is 1. The van der Waals surface area contributed by atoms with E-state index in [2.05, 4.69) is 24.3 Å². The summed E-state index contributed by atoms with van der Waals surface area (Å²) in [7, 11) is 0. The Hall–Kier alpha value is -2.49. The highest BCUT2D eigenvalue weighted by atomic mass is 16.2. The van der Waals surface area contributed by atoms with Crippen LogP contribution in [0, 0.1) is 11.8 Å². The van der Waals surface area contributed by atoms with Crippen molar-refractivity contribution in [3.05, 3.63) is 70.1 Å². The third-order valence-corrected chi connectivity index (χ3v) is 5.90. The minimum atomic E-state index is -0.208. The lowest BCUT2D eigenvalue weighted by atomic mass is 9.87. The molecule has 2 unspecified atom stereocenters. The number of rotatable bonds is 8. The Kier molecular flexibility index (Phi) is 7.35. The van der Waals surface area contributed by atoms with Gasteiger partial charge in [0.15, 0.2) is 12.1 Å². The molecule has 0 saturated heterocycles. The second-order valence-electron chi connectivity index (χ2n) is 7.98. The number of aldehydes is 1. The summed E-state index contributed by atoms with van der Waals surface area (Å²) in [5, 5.41) is 0. The highest BCUT2D eigenvalue weighted by Crippen LogP contribution is 2.31. The van der Waals surface area contributed by atoms with Gasteiger partial charge in [0.05, 0.1) is 6.54 Å². The summed E-state index contributed by atoms with van der Waals surface area (Å²) in [4.78, 5) is 34.4. The van der Waals surface area contributed by atoms with Gasteiger partial charge in [-0.3, -0.25) is 14.4 Å². The van der Waals surface area contributed by atoms with Gasteiger partial charge >= 0.3 is 0 Å². The Morgan fingerprint density at radius 1 is 1.04 bits per heavy atom. The topological polar surface area (TPSA) is 56.1 Å². The average molecular weight is 380 g/mol. The first-order valence-electron chi connectivity index (χ1n) is 10.4. The normalized spacial score (nSPS) is 19.7. The number of carbonyl (C=O) groups is 2. The minimum absolute atomic E-state index is 0.0151. The van der Waals surface area contributed by atoms with Gasteiger partial charge in [0.1, 0.15) is 0 Å². The van der Waals surface area contributed by atoms with E-state index in [4.69, 9.17) is 0 Å². The van der Waals surface area contributed by atoms with Crippen LogP contribution in [0.15, 0.2) is 53.5 Å². The maximum atomic E-state index is 11.8. The monoisotopic (exact) mass is 379 g/mol. The lowest BCUT2D eigenvalue weighted by Gasteiger charge is -2.17. The first-order chi connectivity index (χ1) is 13.7. The van der Waals surface area contributed by atoms with Crippen molar-refractivity contribution in [3.8, 4) is 0 Å². The molecular formula is C24H29NO3. The van der Waals surface area contributed by atoms with Crippen LogP contribution in [0.2, 0.25) is 0 Å². The predicted octanol–water partition coefficient (Wildman–Crippen LogP) is 4.18. The maximum Gasteiger partial charge on any atom is 0.250 e. The number of carbonyl (C=O) groups excluding carboxylic acids is 2. The summed E-state index contributed by atoms with van der Waals surface area (Å²) < 4.78 is 1.71. The SMILES string of the molecule is O=CC(=O)C1CCCCC(CCCc2ccc(Cn3ccccc3=O)cc2)C1. The molecule has 0 bridgehead atoms. The molecule has 28 heavy (non-hydrogen) atoms. The van der Waals surface area contributed by atoms with Crippen LogP contribution < -0.4 is 5.56 Å². The summed E-state index contributed by atoms with van der Waals surface area (Å²) in [5.41, 5.74) is 2.44. The zero-order valence-corrected chi connectivity index (χ0v) is 16.4. The van der Waals surface area contributed by atoms with Crippen LogP contribution in [0.3, 0.4) is 0 Å². The van der Waals surface area contributed by atoms with Crippen molar-refractivity contribution in [2.24, 2.45) is 11.8 Å². The molecule has 2 atom stereocenters. The zero-order valence-electron chi connectivity index (χ0n) is 16.4. The first-order valence-corrected chi connectivity index (χ1v) is 10.4. The Balaban J connectivity index is 1.48. The summed E-state index contributed by atoms with van der Waals surface area (Å²) >= 11 is 0. The Bertz CT molecular complexity index is 837. The van der Waals surface area contributed by atoms with E-state index in [1.807, 2.05) is 12.3 Å². The van der Waals surface area contributed by atoms with Crippen molar-refractivity contribution in [2.45, 2.75) is 57.9 Å². The van der Waals surface area contributed by atoms with E-state index >= 15 is 0 Å². The van der Waals surface area contributed by atoms with E-state index in [1.165, 1.54) is 18.4 Å². The Morgan fingerprint density at radius 3 is 2.54 bits per heavy atom. The summed E-state index contributed by atoms with van der Waals surface area (Å²) in [5.74, 6) is 0.298. The molecule has 2 aromatic rings. The minimum Gasteiger partial charge on any atom is -0.311 e. The molecule has 1 aliphatic carbocycles. The smallest absolute Gasteiger partial charge is 0.250 e. The van der Waals surface area contributed by atoms with Gasteiger partial charge in [-0.1, -0.05) is 56.0 Å². The number of Topliss-reactive ketones (excluding diaryl/α,β-unsaturated/α-hetero) is 1. The van der Waals surface area contributed by atoms with Gasteiger partial charge in [-0.05, 0) is 48.8 Å². The Morgan fingerprint density at radius 2 is 1.79 bits per heavy atom. The highest BCUT2D eigenvalue weighted by molar-refractivity contribution is 6.25. The van der Waals surface area contributed by atoms with Crippen LogP contribution in [0.1, 0.15) is 56.1 Å². The molecule has 1 fully saturated rings. The van der Waals surface area contributed by atoms with E-state index in [0.29, 0.717) is 18.7 Å². The van der Waals surface area contributed by atoms with Crippen molar-refractivity contribution >= 4 is 12.1 Å². The van der Waals surface area contributed by atoms with E-state index in [0.717, 1.165) is 44.1 Å².